The molecule has 0 bridgehead atoms. The highest BCUT2D eigenvalue weighted by molar-refractivity contribution is 5.81. The van der Waals surface area contributed by atoms with Crippen LogP contribution in [0, 0.1) is 0 Å². The molecule has 0 aliphatic rings. The second-order valence-electron chi connectivity index (χ2n) is 4.58. The molecule has 4 nitrogen and oxygen atoms in total. The van der Waals surface area contributed by atoms with E-state index in [9.17, 15) is 9.90 Å². The quantitative estimate of drug-likeness (QED) is 0.771. The van der Waals surface area contributed by atoms with Crippen LogP contribution in [0.3, 0.4) is 0 Å². The summed E-state index contributed by atoms with van der Waals surface area (Å²) in [5.74, 6) is -0.442. The fourth-order valence-electron chi connectivity index (χ4n) is 1.91. The van der Waals surface area contributed by atoms with Gasteiger partial charge in [0.15, 0.2) is 6.10 Å². The number of aliphatic hydroxyl groups is 1. The SMILES string of the molecule is NC(CNC(=O)C(O)c1ccccc1)c1ccccc1. The van der Waals surface area contributed by atoms with Crippen molar-refractivity contribution in [3.05, 3.63) is 71.8 Å². The van der Waals surface area contributed by atoms with E-state index >= 15 is 0 Å². The first-order chi connectivity index (χ1) is 9.68. The van der Waals surface area contributed by atoms with E-state index in [1.807, 2.05) is 36.4 Å². The standard InChI is InChI=1S/C16H18N2O2/c17-14(12-7-3-1-4-8-12)11-18-16(20)15(19)13-9-5-2-6-10-13/h1-10,14-15,19H,11,17H2,(H,18,20). The van der Waals surface area contributed by atoms with Crippen molar-refractivity contribution in [2.75, 3.05) is 6.54 Å². The van der Waals surface area contributed by atoms with Crippen LogP contribution in [0.5, 0.6) is 0 Å². The maximum absolute atomic E-state index is 11.9. The Morgan fingerprint density at radius 1 is 1.00 bits per heavy atom. The van der Waals surface area contributed by atoms with Crippen LogP contribution in [0.25, 0.3) is 0 Å². The summed E-state index contributed by atoms with van der Waals surface area (Å²) >= 11 is 0. The number of aliphatic hydroxyl groups excluding tert-OH is 1. The third-order valence-corrected chi connectivity index (χ3v) is 3.09. The Labute approximate surface area is 118 Å². The molecule has 4 N–H and O–H groups in total. The Bertz CT molecular complexity index is 543. The second-order valence-corrected chi connectivity index (χ2v) is 4.58. The van der Waals surface area contributed by atoms with Gasteiger partial charge in [-0.25, -0.2) is 0 Å². The van der Waals surface area contributed by atoms with E-state index < -0.39 is 12.0 Å². The highest BCUT2D eigenvalue weighted by Gasteiger charge is 2.17. The average Bonchev–Trinajstić information content (AvgIpc) is 2.53. The minimum absolute atomic E-state index is 0.284. The number of nitrogens with two attached hydrogens (primary N) is 1. The highest BCUT2D eigenvalue weighted by atomic mass is 16.3. The maximum atomic E-state index is 11.9. The Balaban J connectivity index is 1.89. The molecule has 0 saturated heterocycles. The summed E-state index contributed by atoms with van der Waals surface area (Å²) in [6.45, 7) is 0.284. The summed E-state index contributed by atoms with van der Waals surface area (Å²) in [6, 6.07) is 18.0. The lowest BCUT2D eigenvalue weighted by Crippen LogP contribution is -2.35. The molecule has 0 radical (unpaired) electrons. The van der Waals surface area contributed by atoms with Crippen LogP contribution in [-0.4, -0.2) is 17.6 Å². The number of rotatable bonds is 5. The van der Waals surface area contributed by atoms with Crippen molar-refractivity contribution < 1.29 is 9.90 Å². The molecule has 2 aromatic carbocycles. The molecule has 0 fully saturated rings. The van der Waals surface area contributed by atoms with Gasteiger partial charge in [-0.1, -0.05) is 60.7 Å². The summed E-state index contributed by atoms with van der Waals surface area (Å²) in [7, 11) is 0. The van der Waals surface area contributed by atoms with Gasteiger partial charge in [0, 0.05) is 12.6 Å². The summed E-state index contributed by atoms with van der Waals surface area (Å²) in [4.78, 5) is 11.9. The molecule has 1 amide bonds. The first-order valence-corrected chi connectivity index (χ1v) is 6.49. The van der Waals surface area contributed by atoms with Crippen LogP contribution >= 0.6 is 0 Å². The predicted octanol–water partition coefficient (Wildman–Crippen LogP) is 1.54. The number of amides is 1. The summed E-state index contributed by atoms with van der Waals surface area (Å²) in [5.41, 5.74) is 7.50. The molecule has 0 aliphatic carbocycles. The van der Waals surface area contributed by atoms with Crippen molar-refractivity contribution in [1.29, 1.82) is 0 Å². The molecule has 4 heteroatoms. The fourth-order valence-corrected chi connectivity index (χ4v) is 1.91. The third-order valence-electron chi connectivity index (χ3n) is 3.09. The van der Waals surface area contributed by atoms with E-state index in [4.69, 9.17) is 5.73 Å². The lowest BCUT2D eigenvalue weighted by Gasteiger charge is -2.15. The molecule has 2 rings (SSSR count). The number of hydrogen-bond acceptors (Lipinski definition) is 3. The molecule has 0 heterocycles. The number of carbonyl (C=O) groups is 1. The molecular weight excluding hydrogens is 252 g/mol. The Morgan fingerprint density at radius 3 is 2.05 bits per heavy atom. The van der Waals surface area contributed by atoms with Crippen LogP contribution in [0.4, 0.5) is 0 Å². The van der Waals surface area contributed by atoms with Gasteiger partial charge in [0.1, 0.15) is 0 Å². The molecule has 2 unspecified atom stereocenters. The Morgan fingerprint density at radius 2 is 1.50 bits per heavy atom. The molecule has 2 atom stereocenters. The smallest absolute Gasteiger partial charge is 0.253 e. The minimum Gasteiger partial charge on any atom is -0.378 e. The minimum atomic E-state index is -1.17. The predicted molar refractivity (Wildman–Crippen MR) is 77.8 cm³/mol. The maximum Gasteiger partial charge on any atom is 0.253 e. The second kappa shape index (κ2) is 6.84. The first kappa shape index (κ1) is 14.2. The zero-order valence-corrected chi connectivity index (χ0v) is 11.1. The molecule has 2 aromatic rings. The van der Waals surface area contributed by atoms with E-state index in [1.54, 1.807) is 24.3 Å². The molecule has 0 aromatic heterocycles. The topological polar surface area (TPSA) is 75.3 Å². The zero-order chi connectivity index (χ0) is 14.4. The fraction of sp³-hybridized carbons (Fsp3) is 0.188. The van der Waals surface area contributed by atoms with E-state index in [0.717, 1.165) is 5.56 Å². The van der Waals surface area contributed by atoms with Crippen molar-refractivity contribution in [1.82, 2.24) is 5.32 Å². The van der Waals surface area contributed by atoms with Gasteiger partial charge in [-0.05, 0) is 11.1 Å². The summed E-state index contributed by atoms with van der Waals surface area (Å²) in [6.07, 6.45) is -1.17. The molecule has 104 valence electrons. The van der Waals surface area contributed by atoms with E-state index in [1.165, 1.54) is 0 Å². The van der Waals surface area contributed by atoms with Crippen LogP contribution < -0.4 is 11.1 Å². The number of benzene rings is 2. The van der Waals surface area contributed by atoms with Crippen LogP contribution in [0.2, 0.25) is 0 Å². The van der Waals surface area contributed by atoms with Gasteiger partial charge in [0.05, 0.1) is 0 Å². The molecule has 20 heavy (non-hydrogen) atoms. The van der Waals surface area contributed by atoms with Gasteiger partial charge < -0.3 is 16.2 Å². The number of carbonyl (C=O) groups excluding carboxylic acids is 1. The van der Waals surface area contributed by atoms with Crippen LogP contribution in [0.1, 0.15) is 23.3 Å². The van der Waals surface area contributed by atoms with Gasteiger partial charge >= 0.3 is 0 Å². The van der Waals surface area contributed by atoms with Crippen LogP contribution in [-0.2, 0) is 4.79 Å². The van der Waals surface area contributed by atoms with Gasteiger partial charge in [-0.2, -0.15) is 0 Å². The normalized spacial score (nSPS) is 13.5. The highest BCUT2D eigenvalue weighted by Crippen LogP contribution is 2.13. The lowest BCUT2D eigenvalue weighted by atomic mass is 10.1. The number of hydrogen-bond donors (Lipinski definition) is 3. The van der Waals surface area contributed by atoms with Crippen molar-refractivity contribution in [2.45, 2.75) is 12.1 Å². The summed E-state index contributed by atoms with van der Waals surface area (Å²) in [5, 5.41) is 12.6. The van der Waals surface area contributed by atoms with E-state index in [2.05, 4.69) is 5.32 Å². The van der Waals surface area contributed by atoms with Crippen molar-refractivity contribution in [2.24, 2.45) is 5.73 Å². The van der Waals surface area contributed by atoms with Gasteiger partial charge in [0.25, 0.3) is 5.91 Å². The molecule has 0 aliphatic heterocycles. The molecule has 0 spiro atoms. The van der Waals surface area contributed by atoms with Gasteiger partial charge in [0.2, 0.25) is 0 Å². The molecular formula is C16H18N2O2. The average molecular weight is 270 g/mol. The molecule has 0 saturated carbocycles. The monoisotopic (exact) mass is 270 g/mol. The third kappa shape index (κ3) is 3.66. The Kier molecular flexibility index (Phi) is 4.87. The van der Waals surface area contributed by atoms with Crippen molar-refractivity contribution in [3.8, 4) is 0 Å². The zero-order valence-electron chi connectivity index (χ0n) is 11.1. The van der Waals surface area contributed by atoms with E-state index in [0.29, 0.717) is 5.56 Å². The van der Waals surface area contributed by atoms with Gasteiger partial charge in [-0.3, -0.25) is 4.79 Å². The first-order valence-electron chi connectivity index (χ1n) is 6.49. The summed E-state index contributed by atoms with van der Waals surface area (Å²) < 4.78 is 0. The van der Waals surface area contributed by atoms with Crippen molar-refractivity contribution in [3.63, 3.8) is 0 Å². The van der Waals surface area contributed by atoms with Gasteiger partial charge in [-0.15, -0.1) is 0 Å². The number of nitrogens with one attached hydrogen (secondary N) is 1. The largest absolute Gasteiger partial charge is 0.378 e. The van der Waals surface area contributed by atoms with Crippen molar-refractivity contribution >= 4 is 5.91 Å². The van der Waals surface area contributed by atoms with E-state index in [-0.39, 0.29) is 12.6 Å². The Hall–Kier alpha value is -2.17. The van der Waals surface area contributed by atoms with Crippen LogP contribution in [0.15, 0.2) is 60.7 Å². The lowest BCUT2D eigenvalue weighted by molar-refractivity contribution is -0.129.